The molecule has 136 valence electrons. The Bertz CT molecular complexity index is 807. The van der Waals surface area contributed by atoms with E-state index in [9.17, 15) is 9.59 Å². The normalized spacial score (nSPS) is 18.0. The largest absolute Gasteiger partial charge is 0.335 e. The van der Waals surface area contributed by atoms with Crippen LogP contribution in [0.3, 0.4) is 0 Å². The lowest BCUT2D eigenvalue weighted by Gasteiger charge is -2.25. The van der Waals surface area contributed by atoms with Crippen molar-refractivity contribution < 1.29 is 9.59 Å². The van der Waals surface area contributed by atoms with Gasteiger partial charge in [0, 0.05) is 23.1 Å². The van der Waals surface area contributed by atoms with Crippen LogP contribution >= 0.6 is 15.9 Å². The quantitative estimate of drug-likeness (QED) is 0.779. The standard InChI is InChI=1S/C21H23BrN2O2/c1-3-15-11-18(22)9-10-19(15)23-21(26)17-12-20(25)24(13-17)14(2)16-7-5-4-6-8-16/h4-11,14,17H,3,12-13H2,1-2H3,(H,23,26)/t14-,17+/m0/s1. The maximum atomic E-state index is 12.7. The molecule has 5 heteroatoms. The molecule has 2 amide bonds. The molecule has 1 aliphatic rings. The van der Waals surface area contributed by atoms with Crippen LogP contribution in [0.1, 0.15) is 37.4 Å². The van der Waals surface area contributed by atoms with Crippen molar-refractivity contribution in [1.29, 1.82) is 0 Å². The number of carbonyl (C=O) groups is 2. The summed E-state index contributed by atoms with van der Waals surface area (Å²) in [5, 5.41) is 3.01. The monoisotopic (exact) mass is 414 g/mol. The summed E-state index contributed by atoms with van der Waals surface area (Å²) >= 11 is 3.46. The summed E-state index contributed by atoms with van der Waals surface area (Å²) in [6.45, 7) is 4.52. The summed E-state index contributed by atoms with van der Waals surface area (Å²) in [4.78, 5) is 27.0. The van der Waals surface area contributed by atoms with E-state index in [0.29, 0.717) is 6.54 Å². The van der Waals surface area contributed by atoms with E-state index in [0.717, 1.165) is 27.7 Å². The highest BCUT2D eigenvalue weighted by Gasteiger charge is 2.37. The molecule has 2 aromatic carbocycles. The van der Waals surface area contributed by atoms with E-state index in [1.54, 1.807) is 0 Å². The van der Waals surface area contributed by atoms with Gasteiger partial charge in [-0.2, -0.15) is 0 Å². The molecule has 0 spiro atoms. The lowest BCUT2D eigenvalue weighted by Crippen LogP contribution is -2.30. The Labute approximate surface area is 162 Å². The predicted octanol–water partition coefficient (Wildman–Crippen LogP) is 4.56. The predicted molar refractivity (Wildman–Crippen MR) is 107 cm³/mol. The third kappa shape index (κ3) is 3.98. The number of benzene rings is 2. The number of hydrogen-bond acceptors (Lipinski definition) is 2. The van der Waals surface area contributed by atoms with Gasteiger partial charge in [0.05, 0.1) is 12.0 Å². The van der Waals surface area contributed by atoms with Crippen LogP contribution < -0.4 is 5.32 Å². The smallest absolute Gasteiger partial charge is 0.229 e. The molecule has 0 radical (unpaired) electrons. The molecule has 2 aromatic rings. The van der Waals surface area contributed by atoms with Gasteiger partial charge in [0.15, 0.2) is 0 Å². The minimum absolute atomic E-state index is 0.0274. The lowest BCUT2D eigenvalue weighted by molar-refractivity contribution is -0.129. The van der Waals surface area contributed by atoms with Gasteiger partial charge in [0.25, 0.3) is 0 Å². The van der Waals surface area contributed by atoms with E-state index in [1.165, 1.54) is 0 Å². The van der Waals surface area contributed by atoms with Crippen LogP contribution in [0.4, 0.5) is 5.69 Å². The van der Waals surface area contributed by atoms with Gasteiger partial charge in [-0.25, -0.2) is 0 Å². The number of rotatable bonds is 5. The molecular weight excluding hydrogens is 392 g/mol. The molecule has 1 heterocycles. The Morgan fingerprint density at radius 3 is 2.69 bits per heavy atom. The number of hydrogen-bond donors (Lipinski definition) is 1. The summed E-state index contributed by atoms with van der Waals surface area (Å²) in [7, 11) is 0. The van der Waals surface area contributed by atoms with E-state index < -0.39 is 0 Å². The second-order valence-electron chi connectivity index (χ2n) is 6.68. The first kappa shape index (κ1) is 18.6. The van der Waals surface area contributed by atoms with Crippen molar-refractivity contribution in [3.8, 4) is 0 Å². The molecule has 1 N–H and O–H groups in total. The molecule has 0 bridgehead atoms. The topological polar surface area (TPSA) is 49.4 Å². The molecule has 2 atom stereocenters. The fourth-order valence-electron chi connectivity index (χ4n) is 3.40. The molecule has 1 saturated heterocycles. The van der Waals surface area contributed by atoms with Crippen molar-refractivity contribution in [2.45, 2.75) is 32.7 Å². The molecule has 3 rings (SSSR count). The van der Waals surface area contributed by atoms with E-state index >= 15 is 0 Å². The third-order valence-corrected chi connectivity index (χ3v) is 5.48. The van der Waals surface area contributed by atoms with Gasteiger partial charge in [-0.05, 0) is 42.7 Å². The Balaban J connectivity index is 1.69. The van der Waals surface area contributed by atoms with Crippen LogP contribution in [0.2, 0.25) is 0 Å². The Kier molecular flexibility index (Phi) is 5.77. The molecule has 0 unspecified atom stereocenters. The summed E-state index contributed by atoms with van der Waals surface area (Å²) in [6.07, 6.45) is 1.09. The number of nitrogens with one attached hydrogen (secondary N) is 1. The molecule has 26 heavy (non-hydrogen) atoms. The van der Waals surface area contributed by atoms with E-state index in [-0.39, 0.29) is 30.2 Å². The average Bonchev–Trinajstić information content (AvgIpc) is 3.05. The van der Waals surface area contributed by atoms with Gasteiger partial charge in [0.1, 0.15) is 0 Å². The third-order valence-electron chi connectivity index (χ3n) is 4.98. The van der Waals surface area contributed by atoms with E-state index in [4.69, 9.17) is 0 Å². The number of aryl methyl sites for hydroxylation is 1. The average molecular weight is 415 g/mol. The maximum Gasteiger partial charge on any atom is 0.229 e. The van der Waals surface area contributed by atoms with Gasteiger partial charge in [0.2, 0.25) is 11.8 Å². The molecule has 1 aliphatic heterocycles. The van der Waals surface area contributed by atoms with Gasteiger partial charge in [-0.15, -0.1) is 0 Å². The van der Waals surface area contributed by atoms with Crippen LogP contribution in [-0.2, 0) is 16.0 Å². The minimum Gasteiger partial charge on any atom is -0.335 e. The number of likely N-dealkylation sites (tertiary alicyclic amines) is 1. The van der Waals surface area contributed by atoms with Gasteiger partial charge >= 0.3 is 0 Å². The van der Waals surface area contributed by atoms with E-state index in [1.807, 2.05) is 60.4 Å². The van der Waals surface area contributed by atoms with Crippen LogP contribution in [0.5, 0.6) is 0 Å². The Hall–Kier alpha value is -2.14. The first-order valence-corrected chi connectivity index (χ1v) is 9.72. The van der Waals surface area contributed by atoms with Gasteiger partial charge in [-0.3, -0.25) is 9.59 Å². The molecule has 4 nitrogen and oxygen atoms in total. The highest BCUT2D eigenvalue weighted by Crippen LogP contribution is 2.30. The summed E-state index contributed by atoms with van der Waals surface area (Å²) in [5.74, 6) is -0.367. The zero-order chi connectivity index (χ0) is 18.7. The molecule has 0 saturated carbocycles. The summed E-state index contributed by atoms with van der Waals surface area (Å²) in [5.41, 5.74) is 2.98. The SMILES string of the molecule is CCc1cc(Br)ccc1NC(=O)[C@@H]1CC(=O)N([C@@H](C)c2ccccc2)C1. The van der Waals surface area contributed by atoms with Crippen molar-refractivity contribution in [3.05, 3.63) is 64.1 Å². The summed E-state index contributed by atoms with van der Waals surface area (Å²) in [6, 6.07) is 15.7. The zero-order valence-electron chi connectivity index (χ0n) is 15.0. The van der Waals surface area contributed by atoms with Crippen LogP contribution in [-0.4, -0.2) is 23.3 Å². The van der Waals surface area contributed by atoms with Crippen LogP contribution in [0.25, 0.3) is 0 Å². The van der Waals surface area contributed by atoms with Crippen molar-refractivity contribution in [2.24, 2.45) is 5.92 Å². The molecule has 1 fully saturated rings. The number of amides is 2. The number of halogens is 1. The summed E-state index contributed by atoms with van der Waals surface area (Å²) < 4.78 is 0.992. The van der Waals surface area contributed by atoms with Crippen molar-refractivity contribution in [2.75, 3.05) is 11.9 Å². The lowest BCUT2D eigenvalue weighted by atomic mass is 10.1. The molecule has 0 aromatic heterocycles. The van der Waals surface area contributed by atoms with Crippen molar-refractivity contribution in [1.82, 2.24) is 4.90 Å². The second-order valence-corrected chi connectivity index (χ2v) is 7.59. The highest BCUT2D eigenvalue weighted by atomic mass is 79.9. The molecular formula is C21H23BrN2O2. The highest BCUT2D eigenvalue weighted by molar-refractivity contribution is 9.10. The second kappa shape index (κ2) is 8.04. The fourth-order valence-corrected chi connectivity index (χ4v) is 3.81. The first-order chi connectivity index (χ1) is 12.5. The Morgan fingerprint density at radius 2 is 2.00 bits per heavy atom. The van der Waals surface area contributed by atoms with Crippen molar-refractivity contribution >= 4 is 33.4 Å². The maximum absolute atomic E-state index is 12.7. The van der Waals surface area contributed by atoms with Crippen molar-refractivity contribution in [3.63, 3.8) is 0 Å². The Morgan fingerprint density at radius 1 is 1.27 bits per heavy atom. The molecule has 0 aliphatic carbocycles. The van der Waals surface area contributed by atoms with Crippen LogP contribution in [0.15, 0.2) is 53.0 Å². The number of anilines is 1. The fraction of sp³-hybridized carbons (Fsp3) is 0.333. The van der Waals surface area contributed by atoms with Gasteiger partial charge in [-0.1, -0.05) is 53.2 Å². The first-order valence-electron chi connectivity index (χ1n) is 8.93. The number of nitrogens with zero attached hydrogens (tertiary/aromatic N) is 1. The minimum atomic E-state index is -0.318. The van der Waals surface area contributed by atoms with Crippen LogP contribution in [0, 0.1) is 5.92 Å². The number of carbonyl (C=O) groups excluding carboxylic acids is 2. The zero-order valence-corrected chi connectivity index (χ0v) is 16.6. The van der Waals surface area contributed by atoms with E-state index in [2.05, 4.69) is 28.2 Å². The van der Waals surface area contributed by atoms with Gasteiger partial charge < -0.3 is 10.2 Å².